The van der Waals surface area contributed by atoms with Gasteiger partial charge in [0.2, 0.25) is 0 Å². The fourth-order valence-corrected chi connectivity index (χ4v) is 4.46. The topological polar surface area (TPSA) is 139 Å². The molecule has 34 heavy (non-hydrogen) atoms. The van der Waals surface area contributed by atoms with Gasteiger partial charge in [-0.1, -0.05) is 30.3 Å². The lowest BCUT2D eigenvalue weighted by Crippen LogP contribution is -2.08. The van der Waals surface area contributed by atoms with Crippen molar-refractivity contribution in [3.05, 3.63) is 82.0 Å². The molecule has 0 unspecified atom stereocenters. The fraction of sp³-hybridized carbons (Fsp3) is 0.125. The van der Waals surface area contributed by atoms with Crippen LogP contribution in [0.25, 0.3) is 10.2 Å². The summed E-state index contributed by atoms with van der Waals surface area (Å²) in [6, 6.07) is 13.4. The van der Waals surface area contributed by atoms with Crippen molar-refractivity contribution in [3.8, 4) is 0 Å². The first-order valence-electron chi connectivity index (χ1n) is 10.2. The number of ether oxygens (including phenoxy) is 1. The van der Waals surface area contributed by atoms with Gasteiger partial charge in [0, 0.05) is 12.1 Å². The molecule has 10 heteroatoms. The number of carbonyl (C=O) groups excluding carboxylic acids is 1. The van der Waals surface area contributed by atoms with Crippen molar-refractivity contribution >= 4 is 51.0 Å². The monoisotopic (exact) mass is 477 g/mol. The summed E-state index contributed by atoms with van der Waals surface area (Å²) in [5.41, 5.74) is 1.54. The first-order chi connectivity index (χ1) is 16.3. The van der Waals surface area contributed by atoms with Gasteiger partial charge in [0.1, 0.15) is 21.9 Å². The molecule has 0 saturated carbocycles. The van der Waals surface area contributed by atoms with Gasteiger partial charge in [-0.15, -0.1) is 11.3 Å². The Morgan fingerprint density at radius 3 is 2.32 bits per heavy atom. The minimum Gasteiger partial charge on any atom is -0.478 e. The van der Waals surface area contributed by atoms with E-state index in [9.17, 15) is 24.6 Å². The van der Waals surface area contributed by atoms with E-state index in [1.807, 2.05) is 30.3 Å². The van der Waals surface area contributed by atoms with Gasteiger partial charge in [-0.2, -0.15) is 0 Å². The SMILES string of the molecule is Cc1c(C(=O)OCCc2ccccc2)sc2ncnc(Nc3cc(C(=O)O)cc(C(=O)O)c3)c12. The first kappa shape index (κ1) is 22.9. The molecule has 2 aromatic carbocycles. The normalized spacial score (nSPS) is 10.7. The number of benzene rings is 2. The molecule has 0 radical (unpaired) electrons. The van der Waals surface area contributed by atoms with Gasteiger partial charge in [-0.05, 0) is 36.2 Å². The number of nitrogens with zero attached hydrogens (tertiary/aromatic N) is 2. The van der Waals surface area contributed by atoms with Crippen molar-refractivity contribution < 1.29 is 29.3 Å². The predicted molar refractivity (Wildman–Crippen MR) is 126 cm³/mol. The predicted octanol–water partition coefficient (Wildman–Crippen LogP) is 4.54. The third kappa shape index (κ3) is 4.86. The van der Waals surface area contributed by atoms with Crippen LogP contribution in [0.1, 0.15) is 41.5 Å². The highest BCUT2D eigenvalue weighted by molar-refractivity contribution is 7.20. The van der Waals surface area contributed by atoms with Gasteiger partial charge >= 0.3 is 17.9 Å². The van der Waals surface area contributed by atoms with Gasteiger partial charge in [0.05, 0.1) is 23.1 Å². The number of nitrogens with one attached hydrogen (secondary N) is 1. The molecule has 0 aliphatic carbocycles. The minimum absolute atomic E-state index is 0.183. The smallest absolute Gasteiger partial charge is 0.348 e. The van der Waals surface area contributed by atoms with E-state index in [0.29, 0.717) is 32.9 Å². The Balaban J connectivity index is 1.60. The van der Waals surface area contributed by atoms with Crippen molar-refractivity contribution in [2.75, 3.05) is 11.9 Å². The van der Waals surface area contributed by atoms with Crippen LogP contribution in [0.5, 0.6) is 0 Å². The highest BCUT2D eigenvalue weighted by Gasteiger charge is 2.21. The maximum absolute atomic E-state index is 12.7. The Morgan fingerprint density at radius 2 is 1.68 bits per heavy atom. The second-order valence-corrected chi connectivity index (χ2v) is 8.36. The highest BCUT2D eigenvalue weighted by Crippen LogP contribution is 2.35. The standard InChI is InChI=1S/C24H19N3O6S/c1-13-18-20(27-17-10-15(22(28)29)9-16(11-17)23(30)31)25-12-26-21(18)34-19(13)24(32)33-8-7-14-5-3-2-4-6-14/h2-6,9-12H,7-8H2,1H3,(H,28,29)(H,30,31)(H,25,26,27). The summed E-state index contributed by atoms with van der Waals surface area (Å²) in [5, 5.41) is 22.2. The van der Waals surface area contributed by atoms with Crippen LogP contribution in [0.4, 0.5) is 11.5 Å². The van der Waals surface area contributed by atoms with E-state index in [4.69, 9.17) is 4.74 Å². The van der Waals surface area contributed by atoms with E-state index >= 15 is 0 Å². The van der Waals surface area contributed by atoms with E-state index in [1.165, 1.54) is 29.8 Å². The molecule has 0 amide bonds. The van der Waals surface area contributed by atoms with Crippen LogP contribution in [0.15, 0.2) is 54.9 Å². The van der Waals surface area contributed by atoms with E-state index in [2.05, 4.69) is 15.3 Å². The third-order valence-corrected chi connectivity index (χ3v) is 6.25. The molecular formula is C24H19N3O6S. The van der Waals surface area contributed by atoms with Crippen molar-refractivity contribution in [1.82, 2.24) is 9.97 Å². The number of carboxylic acids is 2. The molecule has 2 heterocycles. The van der Waals surface area contributed by atoms with Crippen molar-refractivity contribution in [3.63, 3.8) is 0 Å². The second kappa shape index (κ2) is 9.67. The number of esters is 1. The summed E-state index contributed by atoms with van der Waals surface area (Å²) in [7, 11) is 0. The Hall–Kier alpha value is -4.31. The summed E-state index contributed by atoms with van der Waals surface area (Å²) in [6.07, 6.45) is 1.90. The summed E-state index contributed by atoms with van der Waals surface area (Å²) in [4.78, 5) is 44.9. The molecule has 172 valence electrons. The molecule has 0 bridgehead atoms. The number of rotatable bonds is 8. The van der Waals surface area contributed by atoms with Gasteiger partial charge < -0.3 is 20.3 Å². The summed E-state index contributed by atoms with van der Waals surface area (Å²) < 4.78 is 5.46. The molecule has 0 aliphatic heterocycles. The lowest BCUT2D eigenvalue weighted by Gasteiger charge is -2.09. The summed E-state index contributed by atoms with van der Waals surface area (Å²) >= 11 is 1.17. The Bertz CT molecular complexity index is 1370. The number of carboxylic acid groups (broad SMARTS) is 2. The molecule has 3 N–H and O–H groups in total. The molecule has 0 fully saturated rings. The number of aromatic nitrogens is 2. The number of hydrogen-bond donors (Lipinski definition) is 3. The quantitative estimate of drug-likeness (QED) is 0.312. The van der Waals surface area contributed by atoms with E-state index in [-0.39, 0.29) is 23.4 Å². The Labute approximate surface area is 197 Å². The molecule has 0 saturated heterocycles. The molecule has 0 spiro atoms. The van der Waals surface area contributed by atoms with Crippen LogP contribution in [0.2, 0.25) is 0 Å². The maximum atomic E-state index is 12.7. The zero-order valence-electron chi connectivity index (χ0n) is 17.9. The van der Waals surface area contributed by atoms with E-state index in [0.717, 1.165) is 11.6 Å². The molecular weight excluding hydrogens is 458 g/mol. The zero-order valence-corrected chi connectivity index (χ0v) is 18.8. The third-order valence-electron chi connectivity index (χ3n) is 5.07. The number of aromatic carboxylic acids is 2. The van der Waals surface area contributed by atoms with Crippen molar-refractivity contribution in [1.29, 1.82) is 0 Å². The lowest BCUT2D eigenvalue weighted by molar-refractivity contribution is 0.0513. The molecule has 4 rings (SSSR count). The molecule has 4 aromatic rings. The molecule has 9 nitrogen and oxygen atoms in total. The lowest BCUT2D eigenvalue weighted by atomic mass is 10.1. The van der Waals surface area contributed by atoms with Crippen molar-refractivity contribution in [2.24, 2.45) is 0 Å². The minimum atomic E-state index is -1.26. The Kier molecular flexibility index (Phi) is 6.51. The Morgan fingerprint density at radius 1 is 1.00 bits per heavy atom. The van der Waals surface area contributed by atoms with Crippen LogP contribution in [0.3, 0.4) is 0 Å². The largest absolute Gasteiger partial charge is 0.478 e. The van der Waals surface area contributed by atoms with Gasteiger partial charge in [-0.3, -0.25) is 0 Å². The van der Waals surface area contributed by atoms with Crippen LogP contribution < -0.4 is 5.32 Å². The van der Waals surface area contributed by atoms with Gasteiger partial charge in [0.15, 0.2) is 0 Å². The van der Waals surface area contributed by atoms with Crippen LogP contribution in [0, 0.1) is 6.92 Å². The average molecular weight is 477 g/mol. The van der Waals surface area contributed by atoms with E-state index in [1.54, 1.807) is 6.92 Å². The van der Waals surface area contributed by atoms with Crippen LogP contribution >= 0.6 is 11.3 Å². The van der Waals surface area contributed by atoms with Crippen LogP contribution in [-0.2, 0) is 11.2 Å². The number of carbonyl (C=O) groups is 3. The number of aryl methyl sites for hydroxylation is 1. The molecule has 0 atom stereocenters. The van der Waals surface area contributed by atoms with Gasteiger partial charge in [0.25, 0.3) is 0 Å². The zero-order chi connectivity index (χ0) is 24.2. The van der Waals surface area contributed by atoms with Crippen molar-refractivity contribution in [2.45, 2.75) is 13.3 Å². The van der Waals surface area contributed by atoms with Gasteiger partial charge in [-0.25, -0.2) is 24.4 Å². The average Bonchev–Trinajstić information content (AvgIpc) is 3.17. The first-order valence-corrected chi connectivity index (χ1v) is 11.0. The maximum Gasteiger partial charge on any atom is 0.348 e. The number of hydrogen-bond acceptors (Lipinski definition) is 8. The molecule has 2 aromatic heterocycles. The summed E-state index contributed by atoms with van der Waals surface area (Å²) in [5.74, 6) is -2.66. The second-order valence-electron chi connectivity index (χ2n) is 7.36. The van der Waals surface area contributed by atoms with Crippen LogP contribution in [-0.4, -0.2) is 44.7 Å². The number of anilines is 2. The molecule has 0 aliphatic rings. The number of fused-ring (bicyclic) bond motifs is 1. The fourth-order valence-electron chi connectivity index (χ4n) is 3.42. The highest BCUT2D eigenvalue weighted by atomic mass is 32.1. The number of thiophene rings is 1. The summed E-state index contributed by atoms with van der Waals surface area (Å²) in [6.45, 7) is 1.98. The van der Waals surface area contributed by atoms with E-state index < -0.39 is 17.9 Å².